The van der Waals surface area contributed by atoms with Gasteiger partial charge in [0.1, 0.15) is 23.6 Å². The Bertz CT molecular complexity index is 1230. The van der Waals surface area contributed by atoms with Crippen LogP contribution in [0.1, 0.15) is 23.6 Å². The molecule has 0 amide bonds. The topological polar surface area (TPSA) is 90.9 Å². The van der Waals surface area contributed by atoms with Crippen molar-refractivity contribution in [1.29, 1.82) is 0 Å². The van der Waals surface area contributed by atoms with E-state index in [0.717, 1.165) is 53.0 Å². The van der Waals surface area contributed by atoms with Gasteiger partial charge in [-0.15, -0.1) is 0 Å². The molecule has 1 atom stereocenters. The van der Waals surface area contributed by atoms with Gasteiger partial charge in [0.15, 0.2) is 5.65 Å². The predicted octanol–water partition coefficient (Wildman–Crippen LogP) is 3.86. The second kappa shape index (κ2) is 7.33. The van der Waals surface area contributed by atoms with E-state index in [-0.39, 0.29) is 6.04 Å². The van der Waals surface area contributed by atoms with Crippen molar-refractivity contribution < 1.29 is 4.74 Å². The fourth-order valence-corrected chi connectivity index (χ4v) is 4.39. The van der Waals surface area contributed by atoms with Gasteiger partial charge in [-0.3, -0.25) is 0 Å². The summed E-state index contributed by atoms with van der Waals surface area (Å²) in [5.41, 5.74) is 12.5. The molecule has 2 heterocycles. The molecule has 1 aliphatic rings. The Kier molecular flexibility index (Phi) is 4.50. The van der Waals surface area contributed by atoms with Gasteiger partial charge in [-0.2, -0.15) is 5.10 Å². The fourth-order valence-electron chi connectivity index (χ4n) is 4.39. The van der Waals surface area contributed by atoms with Crippen molar-refractivity contribution >= 4 is 22.5 Å². The third kappa shape index (κ3) is 2.94. The summed E-state index contributed by atoms with van der Waals surface area (Å²) in [6, 6.07) is 14.8. The second-order valence-electron chi connectivity index (χ2n) is 7.58. The zero-order chi connectivity index (χ0) is 20.7. The molecule has 0 aliphatic heterocycles. The van der Waals surface area contributed by atoms with Gasteiger partial charge < -0.3 is 15.8 Å². The van der Waals surface area contributed by atoms with Crippen molar-refractivity contribution in [3.8, 4) is 17.0 Å². The molecule has 0 radical (unpaired) electrons. The van der Waals surface area contributed by atoms with Crippen LogP contribution in [0.5, 0.6) is 5.75 Å². The van der Waals surface area contributed by atoms with Gasteiger partial charge in [-0.25, -0.2) is 14.6 Å². The van der Waals surface area contributed by atoms with E-state index in [1.165, 1.54) is 17.5 Å². The fraction of sp³-hybridized carbons (Fsp3) is 0.261. The summed E-state index contributed by atoms with van der Waals surface area (Å²) in [6.07, 6.45) is 4.50. The highest BCUT2D eigenvalue weighted by Crippen LogP contribution is 2.37. The van der Waals surface area contributed by atoms with Crippen LogP contribution in [0.2, 0.25) is 0 Å². The Labute approximate surface area is 174 Å². The third-order valence-corrected chi connectivity index (χ3v) is 5.93. The maximum absolute atomic E-state index is 6.30. The average molecular weight is 400 g/mol. The first-order valence-electron chi connectivity index (χ1n) is 10.1. The zero-order valence-corrected chi connectivity index (χ0v) is 17.1. The Balaban J connectivity index is 1.65. The van der Waals surface area contributed by atoms with E-state index in [9.17, 15) is 0 Å². The van der Waals surface area contributed by atoms with Crippen LogP contribution in [-0.4, -0.2) is 33.9 Å². The first kappa shape index (κ1) is 18.4. The molecule has 0 bridgehead atoms. The molecule has 0 saturated heterocycles. The van der Waals surface area contributed by atoms with Gasteiger partial charge in [0.25, 0.3) is 0 Å². The quantitative estimate of drug-likeness (QED) is 0.541. The van der Waals surface area contributed by atoms with Crippen LogP contribution in [-0.2, 0) is 12.8 Å². The van der Waals surface area contributed by atoms with Crippen LogP contribution in [0, 0.1) is 0 Å². The minimum Gasteiger partial charge on any atom is -0.495 e. The van der Waals surface area contributed by atoms with Gasteiger partial charge in [0.05, 0.1) is 24.2 Å². The number of methoxy groups -OCH3 is 1. The van der Waals surface area contributed by atoms with E-state index >= 15 is 0 Å². The monoisotopic (exact) mass is 400 g/mol. The van der Waals surface area contributed by atoms with Gasteiger partial charge in [0.2, 0.25) is 0 Å². The molecule has 2 aromatic carbocycles. The molecular weight excluding hydrogens is 376 g/mol. The minimum atomic E-state index is 0.229. The number of anilines is 2. The van der Waals surface area contributed by atoms with E-state index in [1.807, 2.05) is 29.9 Å². The van der Waals surface area contributed by atoms with E-state index < -0.39 is 0 Å². The van der Waals surface area contributed by atoms with Gasteiger partial charge in [0, 0.05) is 12.6 Å². The highest BCUT2D eigenvalue weighted by Gasteiger charge is 2.26. The second-order valence-corrected chi connectivity index (χ2v) is 7.58. The maximum atomic E-state index is 6.30. The molecule has 4 aromatic rings. The summed E-state index contributed by atoms with van der Waals surface area (Å²) in [4.78, 5) is 8.80. The lowest BCUT2D eigenvalue weighted by atomic mass is 9.88. The summed E-state index contributed by atoms with van der Waals surface area (Å²) < 4.78 is 7.48. The number of nitrogens with two attached hydrogens (primary N) is 1. The number of aromatic nitrogens is 4. The molecule has 0 saturated carbocycles. The summed E-state index contributed by atoms with van der Waals surface area (Å²) in [5, 5.41) is 8.99. The van der Waals surface area contributed by atoms with Gasteiger partial charge >= 0.3 is 0 Å². The number of benzene rings is 2. The van der Waals surface area contributed by atoms with Gasteiger partial charge in [-0.05, 0) is 48.6 Å². The maximum Gasteiger partial charge on any atom is 0.164 e. The van der Waals surface area contributed by atoms with E-state index in [1.54, 1.807) is 7.11 Å². The molecule has 2 aromatic heterocycles. The molecule has 1 aliphatic carbocycles. The lowest BCUT2D eigenvalue weighted by Gasteiger charge is -2.25. The average Bonchev–Trinajstić information content (AvgIpc) is 3.19. The van der Waals surface area contributed by atoms with E-state index in [0.29, 0.717) is 5.82 Å². The van der Waals surface area contributed by atoms with Crippen LogP contribution in [0.4, 0.5) is 11.5 Å². The Morgan fingerprint density at radius 2 is 1.97 bits per heavy atom. The Morgan fingerprint density at radius 1 is 1.13 bits per heavy atom. The summed E-state index contributed by atoms with van der Waals surface area (Å²) >= 11 is 0. The highest BCUT2D eigenvalue weighted by molar-refractivity contribution is 5.98. The van der Waals surface area contributed by atoms with Crippen LogP contribution >= 0.6 is 0 Å². The number of nitrogen functional groups attached to an aromatic ring is 1. The first-order valence-corrected chi connectivity index (χ1v) is 10.1. The van der Waals surface area contributed by atoms with Crippen LogP contribution in [0.3, 0.4) is 0 Å². The number of hydrogen-bond donors (Lipinski definition) is 2. The normalized spacial score (nSPS) is 15.7. The molecule has 7 heteroatoms. The Morgan fingerprint density at radius 3 is 2.77 bits per heavy atom. The molecule has 30 heavy (non-hydrogen) atoms. The molecular formula is C23H24N6O. The van der Waals surface area contributed by atoms with Crippen molar-refractivity contribution in [3.63, 3.8) is 0 Å². The lowest BCUT2D eigenvalue weighted by Crippen LogP contribution is -2.20. The molecule has 0 fully saturated rings. The smallest absolute Gasteiger partial charge is 0.164 e. The van der Waals surface area contributed by atoms with Crippen LogP contribution < -0.4 is 15.8 Å². The van der Waals surface area contributed by atoms with E-state index in [2.05, 4.69) is 39.6 Å². The predicted molar refractivity (Wildman–Crippen MR) is 119 cm³/mol. The standard InChI is InChI=1S/C23H24N6O/c1-25-18-12-16(8-10-19(18)30-2)21-20-22(24)26-13-27-23(20)29(28-21)17-9-7-14-5-3-4-6-15(14)11-17/h3-6,8,10,12-13,17,25H,7,9,11H2,1-2H3,(H2,24,26,27). The number of fused-ring (bicyclic) bond motifs is 2. The number of nitrogens with one attached hydrogen (secondary N) is 1. The molecule has 0 spiro atoms. The summed E-state index contributed by atoms with van der Waals surface area (Å²) in [5.74, 6) is 1.22. The number of nitrogens with zero attached hydrogens (tertiary/aromatic N) is 4. The summed E-state index contributed by atoms with van der Waals surface area (Å²) in [7, 11) is 3.53. The highest BCUT2D eigenvalue weighted by atomic mass is 16.5. The minimum absolute atomic E-state index is 0.229. The number of ether oxygens (including phenoxy) is 1. The first-order chi connectivity index (χ1) is 14.7. The molecule has 3 N–H and O–H groups in total. The van der Waals surface area contributed by atoms with Gasteiger partial charge in [-0.1, -0.05) is 24.3 Å². The molecule has 1 unspecified atom stereocenters. The lowest BCUT2D eigenvalue weighted by molar-refractivity contribution is 0.415. The summed E-state index contributed by atoms with van der Waals surface area (Å²) in [6.45, 7) is 0. The number of aryl methyl sites for hydroxylation is 1. The van der Waals surface area contributed by atoms with Crippen LogP contribution in [0.15, 0.2) is 48.8 Å². The number of rotatable bonds is 4. The third-order valence-electron chi connectivity index (χ3n) is 5.93. The largest absolute Gasteiger partial charge is 0.495 e. The molecule has 7 nitrogen and oxygen atoms in total. The number of hydrogen-bond acceptors (Lipinski definition) is 6. The van der Waals surface area contributed by atoms with Crippen molar-refractivity contribution in [2.75, 3.05) is 25.2 Å². The zero-order valence-electron chi connectivity index (χ0n) is 17.1. The SMILES string of the molecule is CNc1cc(-c2nn(C3CCc4ccccc4C3)c3ncnc(N)c23)ccc1OC. The van der Waals surface area contributed by atoms with Crippen molar-refractivity contribution in [2.45, 2.75) is 25.3 Å². The van der Waals surface area contributed by atoms with E-state index in [4.69, 9.17) is 15.6 Å². The van der Waals surface area contributed by atoms with Crippen molar-refractivity contribution in [3.05, 3.63) is 59.9 Å². The molecule has 5 rings (SSSR count). The van der Waals surface area contributed by atoms with Crippen molar-refractivity contribution in [1.82, 2.24) is 19.7 Å². The Hall–Kier alpha value is -3.61. The molecule has 152 valence electrons. The van der Waals surface area contributed by atoms with Crippen molar-refractivity contribution in [2.24, 2.45) is 0 Å². The van der Waals surface area contributed by atoms with Crippen LogP contribution in [0.25, 0.3) is 22.3 Å².